The Kier molecular flexibility index (Phi) is 11.5. The van der Waals surface area contributed by atoms with Crippen LogP contribution >= 0.6 is 24.8 Å². The molecule has 0 amide bonds. The maximum Gasteiger partial charge on any atom is -0.147 e. The molecule has 2 aromatic carbocycles. The summed E-state index contributed by atoms with van der Waals surface area (Å²) in [5.41, 5.74) is 9.26. The average Bonchev–Trinajstić information content (AvgIpc) is 3.49. The van der Waals surface area contributed by atoms with E-state index < -0.39 is 17.4 Å². The zero-order valence-electron chi connectivity index (χ0n) is 22.6. The van der Waals surface area contributed by atoms with E-state index in [1.807, 2.05) is 6.56 Å². The Morgan fingerprint density at radius 3 is 1.33 bits per heavy atom. The number of benzene rings is 2. The fraction of sp³-hybridized carbons (Fsp3) is 0.375. The maximum atomic E-state index is 2.73. The van der Waals surface area contributed by atoms with Crippen molar-refractivity contribution in [1.82, 2.24) is 0 Å². The molecule has 4 rings (SSSR count). The van der Waals surface area contributed by atoms with Crippen LogP contribution in [0, 0.1) is 0 Å². The van der Waals surface area contributed by atoms with Gasteiger partial charge in [0.15, 0.2) is 0 Å². The fourth-order valence-corrected chi connectivity index (χ4v) is 19.7. The molecule has 36 heavy (non-hydrogen) atoms. The van der Waals surface area contributed by atoms with Crippen LogP contribution in [0.2, 0.25) is 9.26 Å². The van der Waals surface area contributed by atoms with Crippen molar-refractivity contribution < 1.29 is 17.4 Å². The van der Waals surface area contributed by atoms with Crippen molar-refractivity contribution in [3.8, 4) is 0 Å². The molecule has 0 nitrogen and oxygen atoms in total. The van der Waals surface area contributed by atoms with Crippen molar-refractivity contribution in [2.45, 2.75) is 74.5 Å². The second kappa shape index (κ2) is 13.2. The molecule has 0 radical (unpaired) electrons. The van der Waals surface area contributed by atoms with Crippen LogP contribution in [0.1, 0.15) is 76.3 Å². The molecule has 2 aliphatic rings. The monoisotopic (exact) mass is 616 g/mol. The molecule has 0 heterocycles. The minimum atomic E-state index is -3.45. The van der Waals surface area contributed by atoms with E-state index >= 15 is 0 Å². The summed E-state index contributed by atoms with van der Waals surface area (Å²) in [4.78, 5) is 0. The quantitative estimate of drug-likeness (QED) is 0.233. The van der Waals surface area contributed by atoms with Crippen LogP contribution in [0.3, 0.4) is 0 Å². The summed E-state index contributed by atoms with van der Waals surface area (Å²) in [6.07, 6.45) is 15.2. The first-order valence-electron chi connectivity index (χ1n) is 13.4. The van der Waals surface area contributed by atoms with Gasteiger partial charge in [-0.3, -0.25) is 0 Å². The molecule has 0 saturated carbocycles. The SMILES string of the molecule is CCCCC1=CC(c2ccccc2)=[C]([Zr]([CH3])([CH3])(=[SiH2])[C]2=C(c3ccccc3)C=C(CCCC)C2)C1.Cl.Cl. The van der Waals surface area contributed by atoms with Crippen LogP contribution < -0.4 is 0 Å². The first kappa shape index (κ1) is 31.3. The smallest absolute Gasteiger partial charge is 0.147 e. The van der Waals surface area contributed by atoms with Crippen molar-refractivity contribution in [2.24, 2.45) is 0 Å². The Morgan fingerprint density at radius 1 is 0.639 bits per heavy atom. The molecule has 2 aliphatic carbocycles. The van der Waals surface area contributed by atoms with E-state index in [-0.39, 0.29) is 24.8 Å². The molecular formula is C32H44Cl2SiZr. The van der Waals surface area contributed by atoms with E-state index in [2.05, 4.69) is 103 Å². The Balaban J connectivity index is 0.00000228. The second-order valence-electron chi connectivity index (χ2n) is 11.4. The van der Waals surface area contributed by atoms with Gasteiger partial charge in [0.05, 0.1) is 0 Å². The molecule has 0 aliphatic heterocycles. The van der Waals surface area contributed by atoms with Gasteiger partial charge >= 0.3 is 212 Å². The molecule has 0 atom stereocenters. The molecule has 0 spiro atoms. The summed E-state index contributed by atoms with van der Waals surface area (Å²) in [7, 11) is 0. The molecule has 0 fully saturated rings. The van der Waals surface area contributed by atoms with Crippen LogP contribution in [0.5, 0.6) is 0 Å². The molecule has 194 valence electrons. The summed E-state index contributed by atoms with van der Waals surface area (Å²) in [6.45, 7) is 7.05. The third-order valence-electron chi connectivity index (χ3n) is 7.96. The van der Waals surface area contributed by atoms with Crippen molar-refractivity contribution in [3.63, 3.8) is 0 Å². The zero-order valence-corrected chi connectivity index (χ0v) is 28.1. The Hall–Kier alpha value is -0.920. The van der Waals surface area contributed by atoms with Gasteiger partial charge in [0, 0.05) is 0 Å². The minimum Gasteiger partial charge on any atom is -0.147 e. The van der Waals surface area contributed by atoms with Crippen molar-refractivity contribution in [1.29, 1.82) is 0 Å². The van der Waals surface area contributed by atoms with Gasteiger partial charge in [-0.05, 0) is 0 Å². The summed E-state index contributed by atoms with van der Waals surface area (Å²) >= 11 is -3.45. The third-order valence-corrected chi connectivity index (χ3v) is 24.7. The standard InChI is InChI=1S/2C15H17.2CH3.2ClH.H2Si.Zr/c2*1-2-3-7-13-10-11-15(12-13)14-8-5-4-6-9-14;;;;;;/h2*4-6,8-9,12H,2-3,7,10H2,1H3;2*1H3;2*1H;1H2;. The molecule has 0 aromatic heterocycles. The minimum absolute atomic E-state index is 0. The van der Waals surface area contributed by atoms with Gasteiger partial charge in [0.1, 0.15) is 0 Å². The number of hydrogen-bond acceptors (Lipinski definition) is 0. The summed E-state index contributed by atoms with van der Waals surface area (Å²) < 4.78 is 9.07. The first-order chi connectivity index (χ1) is 16.3. The van der Waals surface area contributed by atoms with Crippen LogP contribution in [-0.2, 0) is 17.4 Å². The molecular weight excluding hydrogens is 575 g/mol. The molecule has 2 aromatic rings. The number of allylic oxidation sites excluding steroid dienone is 8. The average molecular weight is 619 g/mol. The molecule has 0 unspecified atom stereocenters. The Bertz CT molecular complexity index is 1140. The number of halogens is 2. The van der Waals surface area contributed by atoms with E-state index in [1.54, 1.807) is 22.3 Å². The second-order valence-corrected chi connectivity index (χ2v) is 40.1. The van der Waals surface area contributed by atoms with Crippen LogP contribution in [0.15, 0.2) is 90.5 Å². The number of hydrogen-bond donors (Lipinski definition) is 0. The van der Waals surface area contributed by atoms with Gasteiger partial charge in [0.25, 0.3) is 0 Å². The third kappa shape index (κ3) is 6.74. The van der Waals surface area contributed by atoms with Crippen LogP contribution in [0.4, 0.5) is 0 Å². The largest absolute Gasteiger partial charge is 0.147 e. The number of unbranched alkanes of at least 4 members (excludes halogenated alkanes) is 2. The summed E-state index contributed by atoms with van der Waals surface area (Å²) in [5.74, 6) is 0. The first-order valence-corrected chi connectivity index (χ1v) is 26.7. The van der Waals surface area contributed by atoms with Gasteiger partial charge in [-0.15, -0.1) is 24.8 Å². The van der Waals surface area contributed by atoms with Gasteiger partial charge < -0.3 is 0 Å². The molecule has 4 heteroatoms. The maximum absolute atomic E-state index is 3.45. The van der Waals surface area contributed by atoms with Crippen molar-refractivity contribution in [3.05, 3.63) is 102 Å². The van der Waals surface area contributed by atoms with Gasteiger partial charge in [-0.1, -0.05) is 0 Å². The normalized spacial score (nSPS) is 15.9. The number of rotatable bonds is 10. The van der Waals surface area contributed by atoms with Crippen molar-refractivity contribution in [2.75, 3.05) is 0 Å². The van der Waals surface area contributed by atoms with Crippen LogP contribution in [0.25, 0.3) is 11.1 Å². The predicted octanol–water partition coefficient (Wildman–Crippen LogP) is 10.0. The van der Waals surface area contributed by atoms with E-state index in [9.17, 15) is 0 Å². The van der Waals surface area contributed by atoms with Crippen LogP contribution in [-0.4, -0.2) is 6.88 Å². The Morgan fingerprint density at radius 2 is 1.00 bits per heavy atom. The molecule has 0 N–H and O–H groups in total. The zero-order chi connectivity index (χ0) is 24.2. The predicted molar refractivity (Wildman–Crippen MR) is 166 cm³/mol. The van der Waals surface area contributed by atoms with E-state index in [1.165, 1.54) is 62.5 Å². The fourth-order valence-electron chi connectivity index (χ4n) is 5.82. The van der Waals surface area contributed by atoms with E-state index in [4.69, 9.17) is 0 Å². The van der Waals surface area contributed by atoms with Gasteiger partial charge in [-0.2, -0.15) is 0 Å². The molecule has 0 saturated heterocycles. The Labute approximate surface area is 234 Å². The topological polar surface area (TPSA) is 0 Å². The molecule has 0 bridgehead atoms. The van der Waals surface area contributed by atoms with E-state index in [0.29, 0.717) is 0 Å². The van der Waals surface area contributed by atoms with Gasteiger partial charge in [-0.25, -0.2) is 0 Å². The van der Waals surface area contributed by atoms with Crippen molar-refractivity contribution >= 4 is 42.8 Å². The summed E-state index contributed by atoms with van der Waals surface area (Å²) in [6, 6.07) is 22.4. The summed E-state index contributed by atoms with van der Waals surface area (Å²) in [5, 5.41) is 0. The van der Waals surface area contributed by atoms with E-state index in [0.717, 1.165) is 0 Å². The van der Waals surface area contributed by atoms with Gasteiger partial charge in [0.2, 0.25) is 0 Å².